The van der Waals surface area contributed by atoms with Gasteiger partial charge in [0.15, 0.2) is 5.96 Å². The Bertz CT molecular complexity index is 610. The van der Waals surface area contributed by atoms with Crippen molar-refractivity contribution in [1.82, 2.24) is 15.5 Å². The highest BCUT2D eigenvalue weighted by atomic mass is 16.5. The van der Waals surface area contributed by atoms with Gasteiger partial charge in [0, 0.05) is 44.6 Å². The van der Waals surface area contributed by atoms with Crippen molar-refractivity contribution in [3.05, 3.63) is 35.9 Å². The number of aliphatic imine (C=N–C) groups is 1. The molecular weight excluding hydrogens is 340 g/mol. The minimum absolute atomic E-state index is 0.0658. The molecule has 0 aliphatic carbocycles. The van der Waals surface area contributed by atoms with Gasteiger partial charge in [-0.15, -0.1) is 0 Å². The highest BCUT2D eigenvalue weighted by Gasteiger charge is 2.25. The Kier molecular flexibility index (Phi) is 8.10. The predicted molar refractivity (Wildman–Crippen MR) is 110 cm³/mol. The molecule has 1 aliphatic rings. The van der Waals surface area contributed by atoms with Crippen LogP contribution in [0, 0.1) is 11.3 Å². The molecule has 1 atom stereocenters. The van der Waals surface area contributed by atoms with Crippen LogP contribution in [0.1, 0.15) is 32.8 Å². The summed E-state index contributed by atoms with van der Waals surface area (Å²) in [5, 5.41) is 6.29. The first-order valence-corrected chi connectivity index (χ1v) is 9.75. The lowest BCUT2D eigenvalue weighted by molar-refractivity contribution is -0.128. The Morgan fingerprint density at radius 2 is 1.93 bits per heavy atom. The summed E-state index contributed by atoms with van der Waals surface area (Å²) in [4.78, 5) is 18.5. The van der Waals surface area contributed by atoms with Crippen LogP contribution in [0.25, 0.3) is 0 Å². The number of carbonyl (C=O) groups is 1. The Morgan fingerprint density at radius 1 is 1.22 bits per heavy atom. The monoisotopic (exact) mass is 374 g/mol. The minimum Gasteiger partial charge on any atom is -0.376 e. The van der Waals surface area contributed by atoms with Crippen LogP contribution in [-0.4, -0.2) is 56.6 Å². The van der Waals surface area contributed by atoms with E-state index < -0.39 is 0 Å². The second-order valence-corrected chi connectivity index (χ2v) is 8.08. The fraction of sp³-hybridized carbons (Fsp3) is 0.619. The molecule has 0 bridgehead atoms. The van der Waals surface area contributed by atoms with E-state index in [0.717, 1.165) is 32.1 Å². The van der Waals surface area contributed by atoms with E-state index >= 15 is 0 Å². The molecule has 0 saturated carbocycles. The third-order valence-corrected chi connectivity index (χ3v) is 4.64. The Labute approximate surface area is 163 Å². The van der Waals surface area contributed by atoms with Gasteiger partial charge in [-0.05, 0) is 12.0 Å². The van der Waals surface area contributed by atoms with Gasteiger partial charge in [0.2, 0.25) is 5.91 Å². The fourth-order valence-corrected chi connectivity index (χ4v) is 3.03. The molecule has 6 heteroatoms. The number of nitrogens with zero attached hydrogens (tertiary/aromatic N) is 2. The number of amides is 1. The molecule has 1 aromatic rings. The van der Waals surface area contributed by atoms with Crippen LogP contribution in [0.2, 0.25) is 0 Å². The number of rotatable bonds is 7. The van der Waals surface area contributed by atoms with E-state index in [4.69, 9.17) is 4.74 Å². The summed E-state index contributed by atoms with van der Waals surface area (Å²) in [6, 6.07) is 10.3. The van der Waals surface area contributed by atoms with Gasteiger partial charge in [-0.1, -0.05) is 51.1 Å². The zero-order valence-corrected chi connectivity index (χ0v) is 17.1. The predicted octanol–water partition coefficient (Wildman–Crippen LogP) is 2.26. The van der Waals surface area contributed by atoms with E-state index in [2.05, 4.69) is 32.7 Å². The van der Waals surface area contributed by atoms with E-state index in [1.54, 1.807) is 7.05 Å². The molecule has 27 heavy (non-hydrogen) atoms. The smallest absolute Gasteiger partial charge is 0.225 e. The van der Waals surface area contributed by atoms with Crippen molar-refractivity contribution >= 4 is 11.9 Å². The normalized spacial score (nSPS) is 17.9. The van der Waals surface area contributed by atoms with Crippen molar-refractivity contribution in [2.24, 2.45) is 16.3 Å². The van der Waals surface area contributed by atoms with Crippen molar-refractivity contribution in [1.29, 1.82) is 0 Å². The lowest BCUT2D eigenvalue weighted by atomic mass is 9.96. The molecule has 2 rings (SSSR count). The van der Waals surface area contributed by atoms with Gasteiger partial charge in [0.1, 0.15) is 0 Å². The standard InChI is InChI=1S/C21H34N4O2/c1-21(2,3)19(26)23-11-12-24-20(22-4)25-13-10-18(14-25)16-27-15-17-8-6-5-7-9-17/h5-9,18H,10-16H2,1-4H3,(H,22,24)(H,23,26). The minimum atomic E-state index is -0.358. The quantitative estimate of drug-likeness (QED) is 0.436. The number of hydrogen-bond acceptors (Lipinski definition) is 3. The van der Waals surface area contributed by atoms with E-state index in [0.29, 0.717) is 25.6 Å². The first-order chi connectivity index (χ1) is 12.9. The lowest BCUT2D eigenvalue weighted by Gasteiger charge is -2.22. The number of nitrogens with one attached hydrogen (secondary N) is 2. The van der Waals surface area contributed by atoms with Gasteiger partial charge in [0.05, 0.1) is 13.2 Å². The summed E-state index contributed by atoms with van der Waals surface area (Å²) >= 11 is 0. The molecule has 1 fully saturated rings. The second-order valence-electron chi connectivity index (χ2n) is 8.08. The van der Waals surface area contributed by atoms with Crippen molar-refractivity contribution in [3.8, 4) is 0 Å². The number of hydrogen-bond donors (Lipinski definition) is 2. The fourth-order valence-electron chi connectivity index (χ4n) is 3.03. The largest absolute Gasteiger partial charge is 0.376 e. The van der Waals surface area contributed by atoms with Crippen molar-refractivity contribution in [2.75, 3.05) is 39.8 Å². The summed E-state index contributed by atoms with van der Waals surface area (Å²) in [5.74, 6) is 1.48. The third kappa shape index (κ3) is 7.21. The van der Waals surface area contributed by atoms with Gasteiger partial charge in [-0.25, -0.2) is 0 Å². The van der Waals surface area contributed by atoms with E-state index in [-0.39, 0.29) is 11.3 Å². The van der Waals surface area contributed by atoms with Gasteiger partial charge in [0.25, 0.3) is 0 Å². The molecule has 1 saturated heterocycles. The summed E-state index contributed by atoms with van der Waals surface area (Å²) in [6.07, 6.45) is 1.11. The van der Waals surface area contributed by atoms with Crippen molar-refractivity contribution in [2.45, 2.75) is 33.8 Å². The molecule has 1 amide bonds. The van der Waals surface area contributed by atoms with Gasteiger partial charge >= 0.3 is 0 Å². The number of carbonyl (C=O) groups excluding carboxylic acids is 1. The topological polar surface area (TPSA) is 66.0 Å². The maximum absolute atomic E-state index is 11.9. The average Bonchev–Trinajstić information content (AvgIpc) is 3.10. The lowest BCUT2D eigenvalue weighted by Crippen LogP contribution is -2.44. The van der Waals surface area contributed by atoms with Crippen LogP contribution < -0.4 is 10.6 Å². The highest BCUT2D eigenvalue weighted by molar-refractivity contribution is 5.82. The van der Waals surface area contributed by atoms with Gasteiger partial charge in [-0.3, -0.25) is 9.79 Å². The van der Waals surface area contributed by atoms with E-state index in [9.17, 15) is 4.79 Å². The van der Waals surface area contributed by atoms with Gasteiger partial charge < -0.3 is 20.3 Å². The molecule has 1 heterocycles. The maximum atomic E-state index is 11.9. The van der Waals surface area contributed by atoms with Crippen LogP contribution in [0.3, 0.4) is 0 Å². The number of benzene rings is 1. The van der Waals surface area contributed by atoms with Crippen LogP contribution in [0.4, 0.5) is 0 Å². The Morgan fingerprint density at radius 3 is 2.59 bits per heavy atom. The number of guanidine groups is 1. The van der Waals surface area contributed by atoms with Crippen molar-refractivity contribution in [3.63, 3.8) is 0 Å². The summed E-state index contributed by atoms with van der Waals surface area (Å²) in [5.41, 5.74) is 0.853. The Hall–Kier alpha value is -2.08. The van der Waals surface area contributed by atoms with Crippen LogP contribution in [-0.2, 0) is 16.1 Å². The maximum Gasteiger partial charge on any atom is 0.225 e. The van der Waals surface area contributed by atoms with Crippen LogP contribution >= 0.6 is 0 Å². The van der Waals surface area contributed by atoms with Crippen molar-refractivity contribution < 1.29 is 9.53 Å². The summed E-state index contributed by atoms with van der Waals surface area (Å²) < 4.78 is 5.89. The SMILES string of the molecule is CN=C(NCCNC(=O)C(C)(C)C)N1CCC(COCc2ccccc2)C1. The Balaban J connectivity index is 1.65. The number of ether oxygens (including phenoxy) is 1. The molecule has 0 spiro atoms. The molecule has 0 aromatic heterocycles. The first-order valence-electron chi connectivity index (χ1n) is 9.75. The van der Waals surface area contributed by atoms with E-state index in [1.165, 1.54) is 5.56 Å². The molecule has 150 valence electrons. The zero-order valence-electron chi connectivity index (χ0n) is 17.1. The zero-order chi connectivity index (χ0) is 19.7. The molecule has 6 nitrogen and oxygen atoms in total. The molecule has 0 radical (unpaired) electrons. The highest BCUT2D eigenvalue weighted by Crippen LogP contribution is 2.17. The van der Waals surface area contributed by atoms with E-state index in [1.807, 2.05) is 39.0 Å². The molecule has 1 unspecified atom stereocenters. The molecule has 1 aromatic carbocycles. The third-order valence-electron chi connectivity index (χ3n) is 4.64. The van der Waals surface area contributed by atoms with Crippen LogP contribution in [0.15, 0.2) is 35.3 Å². The van der Waals surface area contributed by atoms with Crippen LogP contribution in [0.5, 0.6) is 0 Å². The molecule has 2 N–H and O–H groups in total. The number of likely N-dealkylation sites (tertiary alicyclic amines) is 1. The summed E-state index contributed by atoms with van der Waals surface area (Å²) in [6.45, 7) is 10.4. The second kappa shape index (κ2) is 10.3. The first kappa shape index (κ1) is 21.2. The average molecular weight is 375 g/mol. The summed E-state index contributed by atoms with van der Waals surface area (Å²) in [7, 11) is 1.80. The molecular formula is C21H34N4O2. The molecule has 1 aliphatic heterocycles. The van der Waals surface area contributed by atoms with Gasteiger partial charge in [-0.2, -0.15) is 0 Å².